The summed E-state index contributed by atoms with van der Waals surface area (Å²) in [6.07, 6.45) is 4.10. The van der Waals surface area contributed by atoms with E-state index in [1.165, 1.54) is 5.56 Å². The second-order valence-corrected chi connectivity index (χ2v) is 12.2. The van der Waals surface area contributed by atoms with Crippen molar-refractivity contribution in [3.8, 4) is 0 Å². The van der Waals surface area contributed by atoms with Gasteiger partial charge in [-0.25, -0.2) is 9.59 Å². The largest absolute Gasteiger partial charge is 0.445 e. The topological polar surface area (TPSA) is 91.4 Å². The minimum atomic E-state index is -0.561. The zero-order valence-corrected chi connectivity index (χ0v) is 23.9. The van der Waals surface area contributed by atoms with Crippen LogP contribution < -0.4 is 5.32 Å². The molecule has 9 nitrogen and oxygen atoms in total. The zero-order valence-electron chi connectivity index (χ0n) is 23.9. The van der Waals surface area contributed by atoms with Crippen LogP contribution in [0.25, 0.3) is 0 Å². The molecular formula is C30H44N4O5. The molecule has 2 atom stereocenters. The number of rotatable bonds is 9. The van der Waals surface area contributed by atoms with Crippen molar-refractivity contribution < 1.29 is 23.9 Å². The van der Waals surface area contributed by atoms with Crippen LogP contribution in [0.15, 0.2) is 43.0 Å². The quantitative estimate of drug-likeness (QED) is 0.476. The molecule has 0 radical (unpaired) electrons. The van der Waals surface area contributed by atoms with Crippen LogP contribution in [0.3, 0.4) is 0 Å². The Morgan fingerprint density at radius 2 is 1.82 bits per heavy atom. The third kappa shape index (κ3) is 7.12. The molecule has 9 heteroatoms. The van der Waals surface area contributed by atoms with Gasteiger partial charge in [-0.2, -0.15) is 0 Å². The number of likely N-dealkylation sites (tertiary alicyclic amines) is 2. The van der Waals surface area contributed by atoms with E-state index in [1.54, 1.807) is 18.0 Å². The highest BCUT2D eigenvalue weighted by Gasteiger charge is 2.52. The standard InChI is InChI=1S/C30H44N4O5/c1-6-16-38-28(37)34(25-17-24(25)23-10-8-7-9-11-23)19-22-12-14-33(15-13-22)30(18-26(35)31-5)20-32(21-30)27(36)39-29(2,3)4/h6-11,22,24-25H,1,12-21H2,2-5H3,(H,31,35). The molecule has 39 heavy (non-hydrogen) atoms. The minimum absolute atomic E-state index is 0.0298. The van der Waals surface area contributed by atoms with E-state index in [9.17, 15) is 14.4 Å². The number of hydrogen-bond acceptors (Lipinski definition) is 6. The zero-order chi connectivity index (χ0) is 28.2. The van der Waals surface area contributed by atoms with Gasteiger partial charge < -0.3 is 24.6 Å². The lowest BCUT2D eigenvalue weighted by atomic mass is 9.81. The van der Waals surface area contributed by atoms with Gasteiger partial charge in [0.15, 0.2) is 0 Å². The summed E-state index contributed by atoms with van der Waals surface area (Å²) in [5, 5.41) is 2.75. The van der Waals surface area contributed by atoms with Crippen molar-refractivity contribution in [2.75, 3.05) is 46.4 Å². The molecule has 2 saturated heterocycles. The number of ether oxygens (including phenoxy) is 2. The van der Waals surface area contributed by atoms with Crippen LogP contribution in [0.4, 0.5) is 9.59 Å². The molecule has 0 spiro atoms. The van der Waals surface area contributed by atoms with E-state index in [4.69, 9.17) is 9.47 Å². The van der Waals surface area contributed by atoms with Crippen LogP contribution in [0.5, 0.6) is 0 Å². The van der Waals surface area contributed by atoms with Crippen LogP contribution in [0.1, 0.15) is 57.9 Å². The van der Waals surface area contributed by atoms with Gasteiger partial charge in [0.2, 0.25) is 5.91 Å². The lowest BCUT2D eigenvalue weighted by molar-refractivity contribution is -0.131. The van der Waals surface area contributed by atoms with E-state index in [0.717, 1.165) is 32.4 Å². The maximum Gasteiger partial charge on any atom is 0.410 e. The van der Waals surface area contributed by atoms with E-state index in [-0.39, 0.29) is 36.3 Å². The number of benzene rings is 1. The summed E-state index contributed by atoms with van der Waals surface area (Å²) in [7, 11) is 1.65. The second kappa shape index (κ2) is 12.0. The first-order chi connectivity index (χ1) is 18.5. The molecule has 0 aromatic heterocycles. The number of hydrogen-bond donors (Lipinski definition) is 1. The third-order valence-corrected chi connectivity index (χ3v) is 8.07. The van der Waals surface area contributed by atoms with Gasteiger partial charge >= 0.3 is 12.2 Å². The maximum atomic E-state index is 13.0. The Kier molecular flexibility index (Phi) is 8.89. The third-order valence-electron chi connectivity index (χ3n) is 8.07. The van der Waals surface area contributed by atoms with Gasteiger partial charge in [-0.1, -0.05) is 43.0 Å². The van der Waals surface area contributed by atoms with Gasteiger partial charge in [-0.3, -0.25) is 9.69 Å². The summed E-state index contributed by atoms with van der Waals surface area (Å²) in [6.45, 7) is 12.7. The number of nitrogens with zero attached hydrogens (tertiary/aromatic N) is 3. The molecule has 1 aromatic rings. The summed E-state index contributed by atoms with van der Waals surface area (Å²) in [5.74, 6) is 0.652. The first kappa shape index (κ1) is 28.9. The smallest absolute Gasteiger partial charge is 0.410 e. The molecule has 3 fully saturated rings. The SMILES string of the molecule is C=CCOC(=O)N(CC1CCN(C2(CC(=O)NC)CN(C(=O)OC(C)(C)C)C2)CC1)C1CC1c1ccccc1. The Labute approximate surface area is 232 Å². The first-order valence-electron chi connectivity index (χ1n) is 14.1. The Morgan fingerprint density at radius 3 is 2.41 bits per heavy atom. The fourth-order valence-corrected chi connectivity index (χ4v) is 5.94. The monoisotopic (exact) mass is 540 g/mol. The average Bonchev–Trinajstić information content (AvgIpc) is 3.68. The van der Waals surface area contributed by atoms with Gasteiger partial charge in [0.05, 0.1) is 5.54 Å². The molecule has 1 saturated carbocycles. The van der Waals surface area contributed by atoms with Crippen molar-refractivity contribution in [2.45, 2.75) is 69.6 Å². The Bertz CT molecular complexity index is 1030. The Morgan fingerprint density at radius 1 is 1.15 bits per heavy atom. The van der Waals surface area contributed by atoms with Gasteiger partial charge in [0.1, 0.15) is 12.2 Å². The number of carbonyl (C=O) groups excluding carboxylic acids is 3. The Hall–Kier alpha value is -3.07. The van der Waals surface area contributed by atoms with Crippen LogP contribution in [-0.2, 0) is 14.3 Å². The predicted molar refractivity (Wildman–Crippen MR) is 149 cm³/mol. The van der Waals surface area contributed by atoms with Gasteiger partial charge in [0, 0.05) is 45.1 Å². The minimum Gasteiger partial charge on any atom is -0.445 e. The van der Waals surface area contributed by atoms with E-state index >= 15 is 0 Å². The summed E-state index contributed by atoms with van der Waals surface area (Å²) < 4.78 is 11.0. The molecule has 2 unspecified atom stereocenters. The molecule has 3 aliphatic rings. The molecule has 2 heterocycles. The van der Waals surface area contributed by atoms with Crippen molar-refractivity contribution in [1.29, 1.82) is 0 Å². The summed E-state index contributed by atoms with van der Waals surface area (Å²) >= 11 is 0. The molecule has 1 aliphatic carbocycles. The van der Waals surface area contributed by atoms with Crippen molar-refractivity contribution in [3.63, 3.8) is 0 Å². The highest BCUT2D eigenvalue weighted by Crippen LogP contribution is 2.45. The van der Waals surface area contributed by atoms with Crippen LogP contribution >= 0.6 is 0 Å². The normalized spacial score (nSPS) is 22.8. The molecule has 214 valence electrons. The lowest BCUT2D eigenvalue weighted by Gasteiger charge is -2.56. The van der Waals surface area contributed by atoms with Gasteiger partial charge in [0.25, 0.3) is 0 Å². The van der Waals surface area contributed by atoms with Crippen molar-refractivity contribution in [1.82, 2.24) is 20.0 Å². The van der Waals surface area contributed by atoms with Crippen LogP contribution in [-0.4, -0.2) is 96.4 Å². The van der Waals surface area contributed by atoms with E-state index in [2.05, 4.69) is 28.9 Å². The highest BCUT2D eigenvalue weighted by molar-refractivity contribution is 5.78. The number of amides is 3. The molecule has 0 bridgehead atoms. The molecular weight excluding hydrogens is 496 g/mol. The fraction of sp³-hybridized carbons (Fsp3) is 0.633. The molecule has 3 amide bonds. The van der Waals surface area contributed by atoms with Gasteiger partial charge in [-0.15, -0.1) is 0 Å². The second-order valence-electron chi connectivity index (χ2n) is 12.2. The fourth-order valence-electron chi connectivity index (χ4n) is 5.94. The number of carbonyl (C=O) groups is 3. The number of piperidine rings is 1. The summed E-state index contributed by atoms with van der Waals surface area (Å²) in [6, 6.07) is 10.5. The van der Waals surface area contributed by atoms with Crippen molar-refractivity contribution in [3.05, 3.63) is 48.6 Å². The average molecular weight is 541 g/mol. The maximum absolute atomic E-state index is 13.0. The lowest BCUT2D eigenvalue weighted by Crippen LogP contribution is -2.73. The van der Waals surface area contributed by atoms with Gasteiger partial charge in [-0.05, 0) is 64.6 Å². The Balaban J connectivity index is 1.37. The first-order valence-corrected chi connectivity index (χ1v) is 14.1. The molecule has 1 aromatic carbocycles. The van der Waals surface area contributed by atoms with E-state index < -0.39 is 5.60 Å². The predicted octanol–water partition coefficient (Wildman–Crippen LogP) is 4.00. The highest BCUT2D eigenvalue weighted by atomic mass is 16.6. The van der Waals surface area contributed by atoms with Crippen LogP contribution in [0, 0.1) is 5.92 Å². The van der Waals surface area contributed by atoms with Crippen molar-refractivity contribution in [2.24, 2.45) is 5.92 Å². The molecule has 2 aliphatic heterocycles. The summed E-state index contributed by atoms with van der Waals surface area (Å²) in [4.78, 5) is 44.0. The van der Waals surface area contributed by atoms with E-state index in [0.29, 0.717) is 37.9 Å². The van der Waals surface area contributed by atoms with Crippen LogP contribution in [0.2, 0.25) is 0 Å². The number of nitrogens with one attached hydrogen (secondary N) is 1. The molecule has 4 rings (SSSR count). The summed E-state index contributed by atoms with van der Waals surface area (Å²) in [5.41, 5.74) is 0.308. The molecule has 1 N–H and O–H groups in total. The van der Waals surface area contributed by atoms with Crippen molar-refractivity contribution >= 4 is 18.1 Å². The van der Waals surface area contributed by atoms with E-state index in [1.807, 2.05) is 43.9 Å².